The van der Waals surface area contributed by atoms with Crippen molar-refractivity contribution in [3.63, 3.8) is 0 Å². The van der Waals surface area contributed by atoms with E-state index >= 15 is 0 Å². The first-order valence-corrected chi connectivity index (χ1v) is 8.51. The van der Waals surface area contributed by atoms with E-state index in [1.165, 1.54) is 30.0 Å². The van der Waals surface area contributed by atoms with Crippen molar-refractivity contribution >= 4 is 17.7 Å². The molecule has 0 aliphatic heterocycles. The third-order valence-corrected chi connectivity index (χ3v) is 4.66. The third kappa shape index (κ3) is 4.96. The Hall–Kier alpha value is -2.08. The number of hydrogen-bond acceptors (Lipinski definition) is 3. The molecule has 0 spiro atoms. The van der Waals surface area contributed by atoms with Crippen LogP contribution < -0.4 is 10.1 Å². The summed E-state index contributed by atoms with van der Waals surface area (Å²) >= 11 is 1.19. The minimum absolute atomic E-state index is 0.00287. The number of carbonyl (C=O) groups excluding carboxylic acids is 1. The number of ether oxygens (including phenoxy) is 1. The Labute approximate surface area is 144 Å². The van der Waals surface area contributed by atoms with Crippen molar-refractivity contribution in [1.29, 1.82) is 0 Å². The van der Waals surface area contributed by atoms with Crippen LogP contribution in [-0.2, 0) is 11.3 Å². The van der Waals surface area contributed by atoms with Crippen LogP contribution in [0.3, 0.4) is 0 Å². The molecule has 0 aliphatic rings. The number of nitrogens with one attached hydrogen (secondary N) is 1. The van der Waals surface area contributed by atoms with Crippen molar-refractivity contribution in [1.82, 2.24) is 5.32 Å². The van der Waals surface area contributed by atoms with Gasteiger partial charge in [-0.05, 0) is 36.8 Å². The largest absolute Gasteiger partial charge is 0.497 e. The van der Waals surface area contributed by atoms with Crippen LogP contribution >= 0.6 is 11.8 Å². The topological polar surface area (TPSA) is 38.3 Å². The summed E-state index contributed by atoms with van der Waals surface area (Å²) in [6, 6.07) is 11.2. The number of rotatable bonds is 7. The van der Waals surface area contributed by atoms with Crippen molar-refractivity contribution < 1.29 is 18.3 Å². The Morgan fingerprint density at radius 1 is 1.21 bits per heavy atom. The number of amides is 1. The normalized spacial score (nSPS) is 11.8. The first kappa shape index (κ1) is 18.3. The van der Waals surface area contributed by atoms with Crippen molar-refractivity contribution in [3.05, 3.63) is 65.2 Å². The van der Waals surface area contributed by atoms with Crippen LogP contribution in [0.1, 0.15) is 23.3 Å². The van der Waals surface area contributed by atoms with E-state index in [0.717, 1.165) is 11.3 Å². The third-order valence-electron chi connectivity index (χ3n) is 3.49. The molecule has 3 nitrogen and oxygen atoms in total. The van der Waals surface area contributed by atoms with Crippen LogP contribution in [0.15, 0.2) is 42.5 Å². The van der Waals surface area contributed by atoms with Gasteiger partial charge in [-0.15, -0.1) is 11.8 Å². The summed E-state index contributed by atoms with van der Waals surface area (Å²) in [5.41, 5.74) is 0.920. The summed E-state index contributed by atoms with van der Waals surface area (Å²) in [5.74, 6) is -0.524. The number of thioether (sulfide) groups is 1. The molecule has 0 heterocycles. The van der Waals surface area contributed by atoms with Gasteiger partial charge in [-0.3, -0.25) is 4.79 Å². The van der Waals surface area contributed by atoms with Gasteiger partial charge in [0, 0.05) is 17.4 Å². The number of hydrogen-bond donors (Lipinski definition) is 1. The second kappa shape index (κ2) is 8.68. The quantitative estimate of drug-likeness (QED) is 0.817. The highest BCUT2D eigenvalue weighted by molar-refractivity contribution is 8.00. The highest BCUT2D eigenvalue weighted by Gasteiger charge is 2.17. The highest BCUT2D eigenvalue weighted by atomic mass is 32.2. The molecule has 2 aromatic carbocycles. The zero-order valence-corrected chi connectivity index (χ0v) is 14.3. The molecule has 0 fully saturated rings. The average Bonchev–Trinajstić information content (AvgIpc) is 2.58. The van der Waals surface area contributed by atoms with Crippen LogP contribution in [0.5, 0.6) is 5.75 Å². The fourth-order valence-corrected chi connectivity index (χ4v) is 3.11. The molecule has 0 saturated heterocycles. The molecule has 0 aliphatic carbocycles. The average molecular weight is 351 g/mol. The van der Waals surface area contributed by atoms with Gasteiger partial charge in [0.15, 0.2) is 0 Å². The zero-order chi connectivity index (χ0) is 17.5. The summed E-state index contributed by atoms with van der Waals surface area (Å²) in [4.78, 5) is 11.9. The molecule has 2 rings (SSSR count). The standard InChI is InChI=1S/C18H19F2NO2S/c1-12(18-15(19)7-4-8-16(18)20)24-11-17(22)21-10-13-5-3-6-14(9-13)23-2/h3-9,12H,10-11H2,1-2H3,(H,21,22). The molecule has 128 valence electrons. The zero-order valence-electron chi connectivity index (χ0n) is 13.5. The first-order valence-electron chi connectivity index (χ1n) is 7.46. The van der Waals surface area contributed by atoms with Crippen LogP contribution in [0.4, 0.5) is 8.78 Å². The van der Waals surface area contributed by atoms with Crippen LogP contribution in [0.2, 0.25) is 0 Å². The number of halogens is 2. The van der Waals surface area contributed by atoms with Gasteiger partial charge in [0.2, 0.25) is 5.91 Å². The van der Waals surface area contributed by atoms with Gasteiger partial charge in [-0.25, -0.2) is 8.78 Å². The molecule has 1 atom stereocenters. The summed E-state index contributed by atoms with van der Waals surface area (Å²) in [5, 5.41) is 2.33. The Bertz CT molecular complexity index is 689. The molecule has 1 amide bonds. The van der Waals surface area contributed by atoms with Crippen molar-refractivity contribution in [2.45, 2.75) is 18.7 Å². The lowest BCUT2D eigenvalue weighted by Crippen LogP contribution is -2.25. The van der Waals surface area contributed by atoms with Gasteiger partial charge in [0.1, 0.15) is 17.4 Å². The number of benzene rings is 2. The molecule has 6 heteroatoms. The number of carbonyl (C=O) groups is 1. The molecular formula is C18H19F2NO2S. The van der Waals surface area contributed by atoms with E-state index in [-0.39, 0.29) is 17.2 Å². The highest BCUT2D eigenvalue weighted by Crippen LogP contribution is 2.31. The molecule has 2 aromatic rings. The molecule has 0 aromatic heterocycles. The van der Waals surface area contributed by atoms with Gasteiger partial charge < -0.3 is 10.1 Å². The maximum atomic E-state index is 13.7. The lowest BCUT2D eigenvalue weighted by atomic mass is 10.1. The fraction of sp³-hybridized carbons (Fsp3) is 0.278. The molecule has 0 saturated carbocycles. The maximum Gasteiger partial charge on any atom is 0.230 e. The van der Waals surface area contributed by atoms with Gasteiger partial charge in [0.25, 0.3) is 0 Å². The van der Waals surface area contributed by atoms with Gasteiger partial charge >= 0.3 is 0 Å². The minimum atomic E-state index is -0.591. The van der Waals surface area contributed by atoms with Crippen molar-refractivity contribution in [2.24, 2.45) is 0 Å². The lowest BCUT2D eigenvalue weighted by molar-refractivity contribution is -0.118. The Morgan fingerprint density at radius 3 is 2.54 bits per heavy atom. The summed E-state index contributed by atoms with van der Waals surface area (Å²) in [7, 11) is 1.58. The van der Waals surface area contributed by atoms with Gasteiger partial charge in [0.05, 0.1) is 12.9 Å². The molecular weight excluding hydrogens is 332 g/mol. The van der Waals surface area contributed by atoms with Crippen molar-refractivity contribution in [2.75, 3.05) is 12.9 Å². The summed E-state index contributed by atoms with van der Waals surface area (Å²) in [6.07, 6.45) is 0. The van der Waals surface area contributed by atoms with E-state index in [2.05, 4.69) is 5.32 Å². The van der Waals surface area contributed by atoms with E-state index in [9.17, 15) is 13.6 Å². The van der Waals surface area contributed by atoms with Gasteiger partial charge in [-0.1, -0.05) is 18.2 Å². The van der Waals surface area contributed by atoms with Crippen LogP contribution in [0.25, 0.3) is 0 Å². The second-order valence-corrected chi connectivity index (χ2v) is 6.55. The Morgan fingerprint density at radius 2 is 1.88 bits per heavy atom. The van der Waals surface area contributed by atoms with E-state index in [1.807, 2.05) is 24.3 Å². The second-order valence-electron chi connectivity index (χ2n) is 5.22. The first-order chi connectivity index (χ1) is 11.5. The van der Waals surface area contributed by atoms with E-state index < -0.39 is 16.9 Å². The Kier molecular flexibility index (Phi) is 6.61. The predicted molar refractivity (Wildman–Crippen MR) is 92.1 cm³/mol. The summed E-state index contributed by atoms with van der Waals surface area (Å²) in [6.45, 7) is 2.06. The predicted octanol–water partition coefficient (Wildman–Crippen LogP) is 4.08. The fourth-order valence-electron chi connectivity index (χ4n) is 2.22. The molecule has 0 bridgehead atoms. The van der Waals surface area contributed by atoms with Crippen molar-refractivity contribution in [3.8, 4) is 5.75 Å². The molecule has 24 heavy (non-hydrogen) atoms. The van der Waals surface area contributed by atoms with Crippen LogP contribution in [0, 0.1) is 11.6 Å². The molecule has 1 N–H and O–H groups in total. The summed E-state index contributed by atoms with van der Waals surface area (Å²) < 4.78 is 32.5. The number of methoxy groups -OCH3 is 1. The van der Waals surface area contributed by atoms with Crippen LogP contribution in [-0.4, -0.2) is 18.8 Å². The molecule has 0 radical (unpaired) electrons. The van der Waals surface area contributed by atoms with Gasteiger partial charge in [-0.2, -0.15) is 0 Å². The van der Waals surface area contributed by atoms with E-state index in [4.69, 9.17) is 4.74 Å². The smallest absolute Gasteiger partial charge is 0.230 e. The monoisotopic (exact) mass is 351 g/mol. The molecule has 1 unspecified atom stereocenters. The lowest BCUT2D eigenvalue weighted by Gasteiger charge is -2.13. The SMILES string of the molecule is COc1cccc(CNC(=O)CSC(C)c2c(F)cccc2F)c1. The van der Waals surface area contributed by atoms with E-state index in [1.54, 1.807) is 14.0 Å². The maximum absolute atomic E-state index is 13.7. The minimum Gasteiger partial charge on any atom is -0.497 e. The van der Waals surface area contributed by atoms with E-state index in [0.29, 0.717) is 6.54 Å². The Balaban J connectivity index is 1.84.